The van der Waals surface area contributed by atoms with Gasteiger partial charge in [-0.25, -0.2) is 0 Å². The van der Waals surface area contributed by atoms with Crippen LogP contribution in [0.3, 0.4) is 0 Å². The van der Waals surface area contributed by atoms with Crippen molar-refractivity contribution in [3.05, 3.63) is 64.1 Å². The summed E-state index contributed by atoms with van der Waals surface area (Å²) in [6, 6.07) is 14.5. The molecule has 0 radical (unpaired) electrons. The molecule has 92 valence electrons. The molecule has 0 fully saturated rings. The van der Waals surface area contributed by atoms with Crippen molar-refractivity contribution in [2.75, 3.05) is 5.43 Å². The fourth-order valence-electron chi connectivity index (χ4n) is 1.33. The predicted molar refractivity (Wildman–Crippen MR) is 78.9 cm³/mol. The maximum atomic E-state index is 6.06. The first-order valence-electron chi connectivity index (χ1n) is 5.16. The third-order valence-electron chi connectivity index (χ3n) is 2.22. The maximum Gasteiger partial charge on any atom is 0.156 e. The lowest BCUT2D eigenvalue weighted by Crippen LogP contribution is -1.97. The maximum absolute atomic E-state index is 6.06. The number of rotatable bonds is 3. The van der Waals surface area contributed by atoms with Gasteiger partial charge in [-0.05, 0) is 18.2 Å². The summed E-state index contributed by atoms with van der Waals surface area (Å²) < 4.78 is 0. The van der Waals surface area contributed by atoms with Gasteiger partial charge in [0.25, 0.3) is 0 Å². The van der Waals surface area contributed by atoms with Crippen LogP contribution in [0.25, 0.3) is 0 Å². The predicted octanol–water partition coefficient (Wildman–Crippen LogP) is 5.01. The topological polar surface area (TPSA) is 24.4 Å². The summed E-state index contributed by atoms with van der Waals surface area (Å²) >= 11 is 17.9. The molecule has 2 aromatic rings. The molecule has 0 saturated carbocycles. The number of anilines is 1. The second-order valence-corrected chi connectivity index (χ2v) is 4.71. The van der Waals surface area contributed by atoms with Crippen molar-refractivity contribution >= 4 is 45.7 Å². The molecular formula is C13H9Cl3N2. The summed E-state index contributed by atoms with van der Waals surface area (Å²) in [5.74, 6) is 0. The van der Waals surface area contributed by atoms with E-state index in [4.69, 9.17) is 34.8 Å². The van der Waals surface area contributed by atoms with Crippen LogP contribution in [0.15, 0.2) is 53.6 Å². The molecular weight excluding hydrogens is 291 g/mol. The van der Waals surface area contributed by atoms with Gasteiger partial charge in [0, 0.05) is 10.6 Å². The fourth-order valence-corrected chi connectivity index (χ4v) is 1.95. The van der Waals surface area contributed by atoms with Gasteiger partial charge in [-0.15, -0.1) is 0 Å². The van der Waals surface area contributed by atoms with E-state index < -0.39 is 0 Å². The minimum Gasteiger partial charge on any atom is -0.276 e. The smallest absolute Gasteiger partial charge is 0.156 e. The van der Waals surface area contributed by atoms with Gasteiger partial charge in [0.1, 0.15) is 0 Å². The molecule has 1 N–H and O–H groups in total. The number of nitrogens with zero attached hydrogens (tertiary/aromatic N) is 1. The first-order valence-corrected chi connectivity index (χ1v) is 6.30. The number of benzene rings is 2. The Morgan fingerprint density at radius 2 is 1.72 bits per heavy atom. The van der Waals surface area contributed by atoms with Crippen molar-refractivity contribution in [3.8, 4) is 0 Å². The number of hydrazone groups is 1. The van der Waals surface area contributed by atoms with Gasteiger partial charge >= 0.3 is 0 Å². The molecule has 0 amide bonds. The lowest BCUT2D eigenvalue weighted by molar-refractivity contribution is 1.34. The van der Waals surface area contributed by atoms with Crippen molar-refractivity contribution in [1.82, 2.24) is 0 Å². The van der Waals surface area contributed by atoms with Crippen LogP contribution in [0.4, 0.5) is 5.69 Å². The van der Waals surface area contributed by atoms with Gasteiger partial charge in [0.15, 0.2) is 5.17 Å². The standard InChI is InChI=1S/C13H9Cl3N2/c14-10-6-7-12(11(15)8-10)17-18-13(16)9-4-2-1-3-5-9/h1-8,17H. The van der Waals surface area contributed by atoms with E-state index in [9.17, 15) is 0 Å². The molecule has 2 aromatic carbocycles. The van der Waals surface area contributed by atoms with Crippen LogP contribution < -0.4 is 5.43 Å². The van der Waals surface area contributed by atoms with E-state index in [1.165, 1.54) is 0 Å². The summed E-state index contributed by atoms with van der Waals surface area (Å²) in [6.07, 6.45) is 0. The lowest BCUT2D eigenvalue weighted by Gasteiger charge is -2.04. The second-order valence-electron chi connectivity index (χ2n) is 3.50. The lowest BCUT2D eigenvalue weighted by atomic mass is 10.2. The van der Waals surface area contributed by atoms with Gasteiger partial charge in [-0.1, -0.05) is 65.1 Å². The van der Waals surface area contributed by atoms with Crippen LogP contribution in [-0.2, 0) is 0 Å². The Balaban J connectivity index is 2.15. The largest absolute Gasteiger partial charge is 0.276 e. The quantitative estimate of drug-likeness (QED) is 0.625. The van der Waals surface area contributed by atoms with Crippen molar-refractivity contribution in [1.29, 1.82) is 0 Å². The third-order valence-corrected chi connectivity index (χ3v) is 3.07. The molecule has 0 atom stereocenters. The highest BCUT2D eigenvalue weighted by Crippen LogP contribution is 2.25. The van der Waals surface area contributed by atoms with Crippen molar-refractivity contribution < 1.29 is 0 Å². The Hall–Kier alpha value is -1.22. The minimum absolute atomic E-state index is 0.363. The molecule has 18 heavy (non-hydrogen) atoms. The highest BCUT2D eigenvalue weighted by atomic mass is 35.5. The summed E-state index contributed by atoms with van der Waals surface area (Å²) in [4.78, 5) is 0. The second kappa shape index (κ2) is 6.10. The van der Waals surface area contributed by atoms with E-state index in [0.717, 1.165) is 5.56 Å². The number of halogens is 3. The van der Waals surface area contributed by atoms with Crippen LogP contribution in [0.2, 0.25) is 10.0 Å². The van der Waals surface area contributed by atoms with Crippen LogP contribution in [0, 0.1) is 0 Å². The zero-order valence-corrected chi connectivity index (χ0v) is 11.5. The summed E-state index contributed by atoms with van der Waals surface area (Å²) in [5, 5.41) is 5.48. The van der Waals surface area contributed by atoms with Crippen LogP contribution >= 0.6 is 34.8 Å². The molecule has 0 heterocycles. The van der Waals surface area contributed by atoms with E-state index in [1.54, 1.807) is 18.2 Å². The zero-order chi connectivity index (χ0) is 13.0. The Morgan fingerprint density at radius 1 is 1.00 bits per heavy atom. The SMILES string of the molecule is ClC(=NNc1ccc(Cl)cc1Cl)c1ccccc1. The number of hydrogen-bond donors (Lipinski definition) is 1. The molecule has 0 aliphatic heterocycles. The van der Waals surface area contributed by atoms with E-state index in [-0.39, 0.29) is 0 Å². The van der Waals surface area contributed by atoms with Gasteiger partial charge < -0.3 is 0 Å². The minimum atomic E-state index is 0.363. The first kappa shape index (κ1) is 13.2. The molecule has 0 bridgehead atoms. The van der Waals surface area contributed by atoms with E-state index in [1.807, 2.05) is 30.3 Å². The molecule has 2 rings (SSSR count). The van der Waals surface area contributed by atoms with Gasteiger partial charge in [-0.2, -0.15) is 5.10 Å². The van der Waals surface area contributed by atoms with Gasteiger partial charge in [0.2, 0.25) is 0 Å². The highest BCUT2D eigenvalue weighted by molar-refractivity contribution is 6.69. The average Bonchev–Trinajstić information content (AvgIpc) is 2.38. The zero-order valence-electron chi connectivity index (χ0n) is 9.20. The molecule has 0 saturated heterocycles. The van der Waals surface area contributed by atoms with Crippen LogP contribution in [-0.4, -0.2) is 5.17 Å². The first-order chi connectivity index (χ1) is 8.66. The molecule has 0 aromatic heterocycles. The van der Waals surface area contributed by atoms with E-state index in [0.29, 0.717) is 20.9 Å². The van der Waals surface area contributed by atoms with Crippen LogP contribution in [0.1, 0.15) is 5.56 Å². The third kappa shape index (κ3) is 3.39. The molecule has 2 nitrogen and oxygen atoms in total. The molecule has 0 unspecified atom stereocenters. The van der Waals surface area contributed by atoms with Crippen LogP contribution in [0.5, 0.6) is 0 Å². The summed E-state index contributed by atoms with van der Waals surface area (Å²) in [7, 11) is 0. The van der Waals surface area contributed by atoms with E-state index in [2.05, 4.69) is 10.5 Å². The van der Waals surface area contributed by atoms with Crippen molar-refractivity contribution in [3.63, 3.8) is 0 Å². The summed E-state index contributed by atoms with van der Waals surface area (Å²) in [6.45, 7) is 0. The number of hydrogen-bond acceptors (Lipinski definition) is 2. The van der Waals surface area contributed by atoms with Crippen molar-refractivity contribution in [2.45, 2.75) is 0 Å². The average molecular weight is 300 g/mol. The van der Waals surface area contributed by atoms with E-state index >= 15 is 0 Å². The molecule has 0 spiro atoms. The normalized spacial score (nSPS) is 11.4. The number of nitrogens with one attached hydrogen (secondary N) is 1. The molecule has 0 aliphatic carbocycles. The van der Waals surface area contributed by atoms with Gasteiger partial charge in [0.05, 0.1) is 10.7 Å². The Bertz CT molecular complexity index is 568. The van der Waals surface area contributed by atoms with Crippen molar-refractivity contribution in [2.24, 2.45) is 5.10 Å². The van der Waals surface area contributed by atoms with Gasteiger partial charge in [-0.3, -0.25) is 5.43 Å². The Labute approximate surface area is 120 Å². The highest BCUT2D eigenvalue weighted by Gasteiger charge is 2.01. The Kier molecular flexibility index (Phi) is 4.48. The summed E-state index contributed by atoms with van der Waals surface area (Å²) in [5.41, 5.74) is 4.28. The molecule has 0 aliphatic rings. The monoisotopic (exact) mass is 298 g/mol. The molecule has 5 heteroatoms. The fraction of sp³-hybridized carbons (Fsp3) is 0. The Morgan fingerprint density at radius 3 is 2.39 bits per heavy atom.